The average Bonchev–Trinajstić information content (AvgIpc) is 4.09. The van der Waals surface area contributed by atoms with Gasteiger partial charge in [0.25, 0.3) is 0 Å². The summed E-state index contributed by atoms with van der Waals surface area (Å²) in [5, 5.41) is 5.03. The van der Waals surface area contributed by atoms with E-state index < -0.39 is 0 Å². The number of hydrogen-bond acceptors (Lipinski definition) is 2. The molecule has 0 bridgehead atoms. The Hall–Kier alpha value is -9.54. The number of para-hydroxylation sites is 1. The Morgan fingerprint density at radius 3 is 1.43 bits per heavy atom. The van der Waals surface area contributed by atoms with Gasteiger partial charge in [-0.15, -0.1) is 11.3 Å². The number of aromatic nitrogens is 1. The molecule has 0 aliphatic carbocycles. The van der Waals surface area contributed by atoms with Gasteiger partial charge in [0.05, 0.1) is 11.0 Å². The van der Waals surface area contributed by atoms with Crippen LogP contribution < -0.4 is 4.90 Å². The maximum absolute atomic E-state index is 2.48. The summed E-state index contributed by atoms with van der Waals surface area (Å²) in [5.41, 5.74) is 22.2. The van der Waals surface area contributed by atoms with Crippen molar-refractivity contribution in [3.05, 3.63) is 291 Å². The first kappa shape index (κ1) is 45.1. The molecule has 2 aromatic heterocycles. The van der Waals surface area contributed by atoms with Gasteiger partial charge in [-0.2, -0.15) is 0 Å². The third-order valence-electron chi connectivity index (χ3n) is 15.1. The highest BCUT2D eigenvalue weighted by Crippen LogP contribution is 2.46. The molecule has 2 nitrogen and oxygen atoms in total. The monoisotopic (exact) mass is 986 g/mol. The molecule has 14 aromatic rings. The molecule has 3 heteroatoms. The van der Waals surface area contributed by atoms with Gasteiger partial charge >= 0.3 is 0 Å². The number of fused-ring (bicyclic) bond motifs is 6. The van der Waals surface area contributed by atoms with Crippen molar-refractivity contribution in [3.63, 3.8) is 0 Å². The predicted octanol–water partition coefficient (Wildman–Crippen LogP) is 20.9. The molecule has 0 radical (unpaired) electrons. The minimum Gasteiger partial charge on any atom is -0.310 e. The number of anilines is 3. The Kier molecular flexibility index (Phi) is 11.3. The van der Waals surface area contributed by atoms with Crippen LogP contribution in [-0.4, -0.2) is 4.57 Å². The van der Waals surface area contributed by atoms with Crippen molar-refractivity contribution in [2.24, 2.45) is 0 Å². The molecule has 2 heterocycles. The third-order valence-corrected chi connectivity index (χ3v) is 16.4. The smallest absolute Gasteiger partial charge is 0.0561 e. The van der Waals surface area contributed by atoms with Gasteiger partial charge in [-0.1, -0.05) is 230 Å². The zero-order valence-corrected chi connectivity index (χ0v) is 42.8. The quantitative estimate of drug-likeness (QED) is 0.133. The maximum Gasteiger partial charge on any atom is 0.0561 e. The van der Waals surface area contributed by atoms with Gasteiger partial charge in [0.2, 0.25) is 0 Å². The lowest BCUT2D eigenvalue weighted by Crippen LogP contribution is -2.10. The molecule has 12 aromatic carbocycles. The summed E-state index contributed by atoms with van der Waals surface area (Å²) < 4.78 is 5.11. The summed E-state index contributed by atoms with van der Waals surface area (Å²) in [4.78, 5) is 2.41. The average molecular weight is 987 g/mol. The van der Waals surface area contributed by atoms with Crippen LogP contribution in [0.5, 0.6) is 0 Å². The van der Waals surface area contributed by atoms with Crippen LogP contribution in [0.1, 0.15) is 5.56 Å². The second-order valence-electron chi connectivity index (χ2n) is 19.7. The highest BCUT2D eigenvalue weighted by Gasteiger charge is 2.22. The van der Waals surface area contributed by atoms with Gasteiger partial charge in [0.1, 0.15) is 0 Å². The van der Waals surface area contributed by atoms with Crippen LogP contribution in [0.3, 0.4) is 0 Å². The van der Waals surface area contributed by atoms with Gasteiger partial charge in [0, 0.05) is 53.7 Å². The van der Waals surface area contributed by atoms with Crippen LogP contribution in [0.4, 0.5) is 17.1 Å². The van der Waals surface area contributed by atoms with E-state index in [4.69, 9.17) is 0 Å². The number of rotatable bonds is 10. The molecular formula is C73H50N2S. The molecule has 0 spiro atoms. The summed E-state index contributed by atoms with van der Waals surface area (Å²) >= 11 is 1.88. The van der Waals surface area contributed by atoms with Crippen molar-refractivity contribution < 1.29 is 0 Å². The number of hydrogen-bond donors (Lipinski definition) is 0. The van der Waals surface area contributed by atoms with E-state index in [1.165, 1.54) is 103 Å². The Morgan fingerprint density at radius 1 is 0.289 bits per heavy atom. The molecular weight excluding hydrogens is 937 g/mol. The lowest BCUT2D eigenvalue weighted by molar-refractivity contribution is 1.18. The molecule has 358 valence electrons. The molecule has 14 rings (SSSR count). The number of thiophene rings is 1. The zero-order valence-electron chi connectivity index (χ0n) is 41.9. The molecule has 0 fully saturated rings. The lowest BCUT2D eigenvalue weighted by Gasteiger charge is -2.26. The van der Waals surface area contributed by atoms with E-state index in [9.17, 15) is 0 Å². The Balaban J connectivity index is 0.958. The normalized spacial score (nSPS) is 11.5. The fourth-order valence-electron chi connectivity index (χ4n) is 11.4. The van der Waals surface area contributed by atoms with Gasteiger partial charge < -0.3 is 9.47 Å². The molecule has 0 saturated carbocycles. The largest absolute Gasteiger partial charge is 0.310 e. The van der Waals surface area contributed by atoms with Crippen molar-refractivity contribution in [1.82, 2.24) is 4.57 Å². The summed E-state index contributed by atoms with van der Waals surface area (Å²) in [7, 11) is 0. The van der Waals surface area contributed by atoms with Gasteiger partial charge in [-0.3, -0.25) is 0 Å². The SMILES string of the molecule is Cc1ccc(-c2ccc(N(c3ccc(-c4cccc5c4sc4ccccc45)cc3)c3ccc4c5ccccc5n(-c5ccc(-c6ccccc6-c6ccccc6)c(-c6ccccc6-c6ccccc6)c5)c4c3)cc2)cc1. The molecule has 0 saturated heterocycles. The number of nitrogens with zero attached hydrogens (tertiary/aromatic N) is 2. The maximum atomic E-state index is 2.48. The topological polar surface area (TPSA) is 8.17 Å². The van der Waals surface area contributed by atoms with Crippen LogP contribution >= 0.6 is 11.3 Å². The fraction of sp³-hybridized carbons (Fsp3) is 0.0137. The Morgan fingerprint density at radius 2 is 0.763 bits per heavy atom. The molecule has 0 N–H and O–H groups in total. The van der Waals surface area contributed by atoms with Gasteiger partial charge in [-0.05, 0) is 134 Å². The highest BCUT2D eigenvalue weighted by molar-refractivity contribution is 7.26. The van der Waals surface area contributed by atoms with E-state index >= 15 is 0 Å². The van der Waals surface area contributed by atoms with Crippen molar-refractivity contribution in [1.29, 1.82) is 0 Å². The number of aryl methyl sites for hydroxylation is 1. The summed E-state index contributed by atoms with van der Waals surface area (Å²) in [6.45, 7) is 2.14. The first-order valence-electron chi connectivity index (χ1n) is 26.1. The van der Waals surface area contributed by atoms with Crippen LogP contribution in [0.15, 0.2) is 285 Å². The van der Waals surface area contributed by atoms with E-state index in [2.05, 4.69) is 302 Å². The van der Waals surface area contributed by atoms with Crippen LogP contribution in [0, 0.1) is 6.92 Å². The molecule has 0 atom stereocenters. The summed E-state index contributed by atoms with van der Waals surface area (Å²) in [6, 6.07) is 105. The fourth-order valence-corrected chi connectivity index (χ4v) is 12.7. The van der Waals surface area contributed by atoms with Crippen LogP contribution in [0.2, 0.25) is 0 Å². The van der Waals surface area contributed by atoms with E-state index in [0.717, 1.165) is 33.8 Å². The first-order chi connectivity index (χ1) is 37.6. The minimum absolute atomic E-state index is 1.07. The van der Waals surface area contributed by atoms with Crippen molar-refractivity contribution in [2.45, 2.75) is 6.92 Å². The van der Waals surface area contributed by atoms with Gasteiger partial charge in [-0.25, -0.2) is 0 Å². The lowest BCUT2D eigenvalue weighted by atomic mass is 9.86. The standard InChI is InChI=1S/C73H50N2S/c1-49-31-33-50(34-32-49)51-35-39-55(40-36-51)74(56-41-37-54(38-42-56)61-27-16-28-68-67-26-13-15-30-72(67)76-73(61)68)58-44-46-66-65-25-12-14-29-70(65)75(71(66)48-58)57-43-45-64(62-23-10-8-21-59(62)52-17-4-2-5-18-52)69(47-57)63-24-11-9-22-60(63)53-19-6-3-7-20-53/h2-48H,1H3. The first-order valence-corrected chi connectivity index (χ1v) is 26.9. The van der Waals surface area contributed by atoms with Crippen LogP contribution in [-0.2, 0) is 0 Å². The van der Waals surface area contributed by atoms with Crippen molar-refractivity contribution in [3.8, 4) is 72.4 Å². The Bertz CT molecular complexity index is 4430. The minimum atomic E-state index is 1.07. The molecule has 0 aliphatic heterocycles. The zero-order chi connectivity index (χ0) is 50.5. The van der Waals surface area contributed by atoms with Crippen LogP contribution in [0.25, 0.3) is 114 Å². The van der Waals surface area contributed by atoms with E-state index in [1.807, 2.05) is 11.3 Å². The summed E-state index contributed by atoms with van der Waals surface area (Å²) in [5.74, 6) is 0. The van der Waals surface area contributed by atoms with Crippen molar-refractivity contribution >= 4 is 70.4 Å². The Labute approximate surface area is 447 Å². The van der Waals surface area contributed by atoms with Crippen molar-refractivity contribution in [2.75, 3.05) is 4.90 Å². The molecule has 0 unspecified atom stereocenters. The molecule has 0 aliphatic rings. The summed E-state index contributed by atoms with van der Waals surface area (Å²) in [6.07, 6.45) is 0. The second kappa shape index (κ2) is 19.1. The predicted molar refractivity (Wildman–Crippen MR) is 326 cm³/mol. The van der Waals surface area contributed by atoms with E-state index in [1.54, 1.807) is 0 Å². The molecule has 76 heavy (non-hydrogen) atoms. The number of benzene rings is 12. The molecule has 0 amide bonds. The second-order valence-corrected chi connectivity index (χ2v) is 20.7. The van der Waals surface area contributed by atoms with E-state index in [0.29, 0.717) is 0 Å². The van der Waals surface area contributed by atoms with E-state index in [-0.39, 0.29) is 0 Å². The van der Waals surface area contributed by atoms with Gasteiger partial charge in [0.15, 0.2) is 0 Å². The third kappa shape index (κ3) is 7.97. The highest BCUT2D eigenvalue weighted by atomic mass is 32.1.